The van der Waals surface area contributed by atoms with E-state index >= 15 is 0 Å². The van der Waals surface area contributed by atoms with Gasteiger partial charge in [0.2, 0.25) is 5.91 Å². The number of benzene rings is 1. The SMILES string of the molecule is Cc1cc(Cl)c(NC(=O)C2=NNC(=O)CC2)cc1Cl. The minimum atomic E-state index is -0.401. The monoisotopic (exact) mass is 299 g/mol. The van der Waals surface area contributed by atoms with Gasteiger partial charge in [-0.15, -0.1) is 0 Å². The van der Waals surface area contributed by atoms with E-state index in [2.05, 4.69) is 15.8 Å². The zero-order chi connectivity index (χ0) is 14.0. The number of hydrogen-bond acceptors (Lipinski definition) is 3. The van der Waals surface area contributed by atoms with Gasteiger partial charge in [-0.2, -0.15) is 5.10 Å². The van der Waals surface area contributed by atoms with Crippen molar-refractivity contribution in [3.8, 4) is 0 Å². The first-order valence-corrected chi connectivity index (χ1v) is 6.35. The third kappa shape index (κ3) is 3.24. The van der Waals surface area contributed by atoms with E-state index in [-0.39, 0.29) is 18.0 Å². The molecule has 0 bridgehead atoms. The molecule has 0 unspecified atom stereocenters. The molecule has 0 fully saturated rings. The van der Waals surface area contributed by atoms with Gasteiger partial charge >= 0.3 is 0 Å². The van der Waals surface area contributed by atoms with Crippen molar-refractivity contribution < 1.29 is 9.59 Å². The highest BCUT2D eigenvalue weighted by Gasteiger charge is 2.19. The van der Waals surface area contributed by atoms with Crippen LogP contribution >= 0.6 is 23.2 Å². The predicted molar refractivity (Wildman–Crippen MR) is 74.6 cm³/mol. The summed E-state index contributed by atoms with van der Waals surface area (Å²) in [7, 11) is 0. The van der Waals surface area contributed by atoms with E-state index < -0.39 is 5.91 Å². The van der Waals surface area contributed by atoms with Crippen molar-refractivity contribution in [1.82, 2.24) is 5.43 Å². The van der Waals surface area contributed by atoms with Crippen LogP contribution in [0.15, 0.2) is 17.2 Å². The molecular formula is C12H11Cl2N3O2. The Morgan fingerprint density at radius 1 is 1.32 bits per heavy atom. The molecule has 5 nitrogen and oxygen atoms in total. The number of nitrogens with one attached hydrogen (secondary N) is 2. The molecule has 0 aromatic heterocycles. The van der Waals surface area contributed by atoms with E-state index in [1.165, 1.54) is 0 Å². The van der Waals surface area contributed by atoms with Crippen LogP contribution < -0.4 is 10.7 Å². The zero-order valence-corrected chi connectivity index (χ0v) is 11.6. The molecule has 19 heavy (non-hydrogen) atoms. The molecule has 1 heterocycles. The molecule has 0 aliphatic carbocycles. The molecule has 1 aliphatic heterocycles. The van der Waals surface area contributed by atoms with Gasteiger partial charge < -0.3 is 5.32 Å². The first-order valence-electron chi connectivity index (χ1n) is 5.60. The number of halogens is 2. The average Bonchev–Trinajstić information content (AvgIpc) is 2.36. The van der Waals surface area contributed by atoms with E-state index in [0.717, 1.165) is 5.56 Å². The number of aryl methyl sites for hydroxylation is 1. The fourth-order valence-corrected chi connectivity index (χ4v) is 2.00. The molecule has 0 radical (unpaired) electrons. The third-order valence-corrected chi connectivity index (χ3v) is 3.38. The second kappa shape index (κ2) is 5.59. The lowest BCUT2D eigenvalue weighted by Gasteiger charge is -2.13. The van der Waals surface area contributed by atoms with Gasteiger partial charge in [-0.05, 0) is 24.6 Å². The Labute approximate surface area is 120 Å². The number of rotatable bonds is 2. The Bertz CT molecular complexity index is 585. The second-order valence-corrected chi connectivity index (χ2v) is 4.94. The van der Waals surface area contributed by atoms with Crippen LogP contribution in [0.5, 0.6) is 0 Å². The molecule has 7 heteroatoms. The Kier molecular flexibility index (Phi) is 4.07. The molecule has 100 valence electrons. The summed E-state index contributed by atoms with van der Waals surface area (Å²) in [6.45, 7) is 1.82. The number of carbonyl (C=O) groups excluding carboxylic acids is 2. The quantitative estimate of drug-likeness (QED) is 0.881. The van der Waals surface area contributed by atoms with Crippen molar-refractivity contribution >= 4 is 46.4 Å². The number of hydrogen-bond donors (Lipinski definition) is 2. The smallest absolute Gasteiger partial charge is 0.271 e. The Balaban J connectivity index is 2.15. The average molecular weight is 300 g/mol. The van der Waals surface area contributed by atoms with E-state index in [4.69, 9.17) is 23.2 Å². The molecule has 1 aromatic rings. The lowest BCUT2D eigenvalue weighted by molar-refractivity contribution is -0.121. The van der Waals surface area contributed by atoms with Crippen LogP contribution in [0.3, 0.4) is 0 Å². The fraction of sp³-hybridized carbons (Fsp3) is 0.250. The highest BCUT2D eigenvalue weighted by molar-refractivity contribution is 6.45. The van der Waals surface area contributed by atoms with Gasteiger partial charge in [0.15, 0.2) is 0 Å². The first-order chi connectivity index (χ1) is 8.97. The third-order valence-electron chi connectivity index (χ3n) is 2.66. The number of nitrogens with zero attached hydrogens (tertiary/aromatic N) is 1. The molecule has 2 amide bonds. The van der Waals surface area contributed by atoms with Crippen LogP contribution in [0.2, 0.25) is 10.0 Å². The first kappa shape index (κ1) is 13.8. The Morgan fingerprint density at radius 3 is 2.68 bits per heavy atom. The van der Waals surface area contributed by atoms with Crippen molar-refractivity contribution in [2.75, 3.05) is 5.32 Å². The minimum Gasteiger partial charge on any atom is -0.319 e. The van der Waals surface area contributed by atoms with Gasteiger partial charge in [0.05, 0.1) is 10.7 Å². The summed E-state index contributed by atoms with van der Waals surface area (Å²) in [5.74, 6) is -0.602. The van der Waals surface area contributed by atoms with E-state index in [9.17, 15) is 9.59 Å². The topological polar surface area (TPSA) is 70.6 Å². The number of anilines is 1. The van der Waals surface area contributed by atoms with Gasteiger partial charge in [-0.1, -0.05) is 23.2 Å². The van der Waals surface area contributed by atoms with E-state index in [1.807, 2.05) is 6.92 Å². The summed E-state index contributed by atoms with van der Waals surface area (Å²) in [5, 5.41) is 7.24. The standard InChI is InChI=1S/C12H11Cl2N3O2/c1-6-4-8(14)10(5-7(6)13)15-12(19)9-2-3-11(18)17-16-9/h4-5H,2-3H2,1H3,(H,15,19)(H,17,18). The Hall–Kier alpha value is -1.59. The zero-order valence-electron chi connectivity index (χ0n) is 10.1. The molecule has 0 atom stereocenters. The van der Waals surface area contributed by atoms with Crippen LogP contribution in [0.4, 0.5) is 5.69 Å². The van der Waals surface area contributed by atoms with Gasteiger partial charge in [-0.25, -0.2) is 5.43 Å². The highest BCUT2D eigenvalue weighted by Crippen LogP contribution is 2.28. The molecule has 2 rings (SSSR count). The largest absolute Gasteiger partial charge is 0.319 e. The number of amides is 2. The maximum atomic E-state index is 11.9. The maximum Gasteiger partial charge on any atom is 0.271 e. The van der Waals surface area contributed by atoms with Crippen LogP contribution in [0.1, 0.15) is 18.4 Å². The van der Waals surface area contributed by atoms with Gasteiger partial charge in [0.1, 0.15) is 5.71 Å². The van der Waals surface area contributed by atoms with E-state index in [1.54, 1.807) is 12.1 Å². The molecular weight excluding hydrogens is 289 g/mol. The summed E-state index contributed by atoms with van der Waals surface area (Å²) >= 11 is 12.0. The van der Waals surface area contributed by atoms with Crippen LogP contribution in [0.25, 0.3) is 0 Å². The van der Waals surface area contributed by atoms with Crippen LogP contribution in [0, 0.1) is 6.92 Å². The summed E-state index contributed by atoms with van der Waals surface area (Å²) < 4.78 is 0. The predicted octanol–water partition coefficient (Wildman–Crippen LogP) is 2.51. The molecule has 0 spiro atoms. The van der Waals surface area contributed by atoms with Crippen molar-refractivity contribution in [3.05, 3.63) is 27.7 Å². The molecule has 0 saturated heterocycles. The number of hydrazone groups is 1. The van der Waals surface area contributed by atoms with Gasteiger partial charge in [0, 0.05) is 17.9 Å². The lowest BCUT2D eigenvalue weighted by atomic mass is 10.1. The molecule has 2 N–H and O–H groups in total. The maximum absolute atomic E-state index is 11.9. The molecule has 1 aliphatic rings. The van der Waals surface area contributed by atoms with Crippen LogP contribution in [-0.2, 0) is 9.59 Å². The molecule has 1 aromatic carbocycles. The fourth-order valence-electron chi connectivity index (χ4n) is 1.57. The minimum absolute atomic E-state index is 0.201. The summed E-state index contributed by atoms with van der Waals surface area (Å²) in [6.07, 6.45) is 0.545. The van der Waals surface area contributed by atoms with Crippen molar-refractivity contribution in [2.24, 2.45) is 5.10 Å². The summed E-state index contributed by atoms with van der Waals surface area (Å²) in [4.78, 5) is 22.9. The van der Waals surface area contributed by atoms with Crippen molar-refractivity contribution in [3.63, 3.8) is 0 Å². The van der Waals surface area contributed by atoms with E-state index in [0.29, 0.717) is 22.2 Å². The van der Waals surface area contributed by atoms with Crippen molar-refractivity contribution in [2.45, 2.75) is 19.8 Å². The summed E-state index contributed by atoms with van der Waals surface area (Å²) in [6, 6.07) is 3.25. The van der Waals surface area contributed by atoms with Crippen molar-refractivity contribution in [1.29, 1.82) is 0 Å². The number of carbonyl (C=O) groups is 2. The Morgan fingerprint density at radius 2 is 2.05 bits per heavy atom. The second-order valence-electron chi connectivity index (χ2n) is 4.13. The van der Waals surface area contributed by atoms with Gasteiger partial charge in [-0.3, -0.25) is 9.59 Å². The van der Waals surface area contributed by atoms with Crippen LogP contribution in [-0.4, -0.2) is 17.5 Å². The lowest BCUT2D eigenvalue weighted by Crippen LogP contribution is -2.32. The normalized spacial score (nSPS) is 14.7. The summed E-state index contributed by atoms with van der Waals surface area (Å²) in [5.41, 5.74) is 3.76. The molecule has 0 saturated carbocycles. The van der Waals surface area contributed by atoms with Gasteiger partial charge in [0.25, 0.3) is 5.91 Å². The highest BCUT2D eigenvalue weighted by atomic mass is 35.5.